The normalized spacial score (nSPS) is 12.7. The van der Waals surface area contributed by atoms with E-state index in [4.69, 9.17) is 0 Å². The zero-order valence-corrected chi connectivity index (χ0v) is 8.02. The summed E-state index contributed by atoms with van der Waals surface area (Å²) in [5, 5.41) is 0. The highest BCUT2D eigenvalue weighted by molar-refractivity contribution is 5.49. The van der Waals surface area contributed by atoms with Gasteiger partial charge >= 0.3 is 12.6 Å². The van der Waals surface area contributed by atoms with Crippen LogP contribution in [-0.4, -0.2) is 12.6 Å². The van der Waals surface area contributed by atoms with Crippen molar-refractivity contribution >= 4 is 5.69 Å². The first kappa shape index (κ1) is 12.7. The molecule has 0 radical (unpaired) electrons. The molecule has 90 valence electrons. The first-order valence-electron chi connectivity index (χ1n) is 4.13. The Morgan fingerprint density at radius 1 is 0.938 bits per heavy atom. The molecule has 0 saturated heterocycles. The Morgan fingerprint density at radius 2 is 1.44 bits per heavy atom. The molecule has 0 bridgehead atoms. The second kappa shape index (κ2) is 3.88. The zero-order valence-electron chi connectivity index (χ0n) is 8.02. The number of hydrogen-bond acceptors (Lipinski definition) is 1. The van der Waals surface area contributed by atoms with Gasteiger partial charge in [0, 0.05) is 0 Å². The number of nitrogens with zero attached hydrogens (tertiary/aromatic N) is 1. The second-order valence-electron chi connectivity index (χ2n) is 3.11. The fraction of sp³-hybridized carbons (Fsp3) is 0.333. The van der Waals surface area contributed by atoms with E-state index in [1.165, 1.54) is 13.0 Å². The van der Waals surface area contributed by atoms with Crippen molar-refractivity contribution in [1.82, 2.24) is 0 Å². The van der Waals surface area contributed by atoms with Gasteiger partial charge in [-0.3, -0.25) is 0 Å². The zero-order chi connectivity index (χ0) is 12.6. The molecule has 0 aromatic heterocycles. The third-order valence-electron chi connectivity index (χ3n) is 1.77. The summed E-state index contributed by atoms with van der Waals surface area (Å²) in [6, 6.07) is 4.12. The van der Waals surface area contributed by atoms with Crippen LogP contribution in [0.15, 0.2) is 24.3 Å². The molecule has 0 unspecified atom stereocenters. The predicted molar refractivity (Wildman–Crippen MR) is 45.8 cm³/mol. The predicted octanol–water partition coefficient (Wildman–Crippen LogP) is 3.84. The Labute approximate surface area is 87.3 Å². The summed E-state index contributed by atoms with van der Waals surface area (Å²) >= 11 is 0. The van der Waals surface area contributed by atoms with Gasteiger partial charge in [-0.1, -0.05) is 12.1 Å². The topological polar surface area (TPSA) is 3.24 Å². The third kappa shape index (κ3) is 2.80. The molecule has 0 aliphatic heterocycles. The molecule has 1 nitrogen and oxygen atoms in total. The van der Waals surface area contributed by atoms with Crippen LogP contribution in [-0.2, 0) is 0 Å². The van der Waals surface area contributed by atoms with E-state index in [0.29, 0.717) is 5.56 Å². The maximum Gasteiger partial charge on any atom is 0.491 e. The molecule has 1 aromatic carbocycles. The van der Waals surface area contributed by atoms with Crippen molar-refractivity contribution in [3.8, 4) is 0 Å². The number of halogens is 6. The van der Waals surface area contributed by atoms with Crippen molar-refractivity contribution < 1.29 is 26.3 Å². The summed E-state index contributed by atoms with van der Waals surface area (Å²) in [7, 11) is 0. The lowest BCUT2D eigenvalue weighted by Crippen LogP contribution is -2.48. The van der Waals surface area contributed by atoms with Gasteiger partial charge in [-0.25, -0.2) is 0 Å². The van der Waals surface area contributed by atoms with Crippen molar-refractivity contribution in [2.45, 2.75) is 19.5 Å². The fourth-order valence-electron chi connectivity index (χ4n) is 1.20. The van der Waals surface area contributed by atoms with Gasteiger partial charge in [-0.05, 0) is 24.6 Å². The number of benzene rings is 1. The summed E-state index contributed by atoms with van der Waals surface area (Å²) in [6.45, 7) is 1.41. The van der Waals surface area contributed by atoms with Crippen molar-refractivity contribution in [3.05, 3.63) is 29.8 Å². The summed E-state index contributed by atoms with van der Waals surface area (Å²) in [4.78, 5) is -1.52. The Hall–Kier alpha value is -1.40. The molecule has 0 fully saturated rings. The molecule has 1 rings (SSSR count). The van der Waals surface area contributed by atoms with Crippen LogP contribution < -0.4 is 4.90 Å². The standard InChI is InChI=1S/C9H7F6N/c1-6-3-2-4-7(5-6)16(8(10,11)12)9(13,14)15/h2-5H,1H3. The summed E-state index contributed by atoms with van der Waals surface area (Å²) in [5.74, 6) is 0. The van der Waals surface area contributed by atoms with E-state index in [9.17, 15) is 26.3 Å². The van der Waals surface area contributed by atoms with Gasteiger partial charge in [0.2, 0.25) is 0 Å². The highest BCUT2D eigenvalue weighted by Gasteiger charge is 2.53. The second-order valence-corrected chi connectivity index (χ2v) is 3.11. The molecule has 0 saturated carbocycles. The summed E-state index contributed by atoms with van der Waals surface area (Å²) in [6.07, 6.45) is -11.0. The molecule has 0 N–H and O–H groups in total. The van der Waals surface area contributed by atoms with Gasteiger partial charge in [0.05, 0.1) is 5.69 Å². The van der Waals surface area contributed by atoms with Crippen LogP contribution in [0.3, 0.4) is 0 Å². The molecule has 1 aromatic rings. The van der Waals surface area contributed by atoms with Gasteiger partial charge in [0.1, 0.15) is 0 Å². The third-order valence-corrected chi connectivity index (χ3v) is 1.77. The maximum atomic E-state index is 12.2. The smallest absolute Gasteiger partial charge is 0.194 e. The lowest BCUT2D eigenvalue weighted by atomic mass is 10.2. The lowest BCUT2D eigenvalue weighted by molar-refractivity contribution is -0.226. The molecular formula is C9H7F6N. The molecule has 0 heterocycles. The SMILES string of the molecule is Cc1cccc(N(C(F)(F)F)C(F)(F)F)c1. The van der Waals surface area contributed by atoms with Crippen molar-refractivity contribution in [1.29, 1.82) is 0 Å². The van der Waals surface area contributed by atoms with E-state index in [2.05, 4.69) is 0 Å². The Balaban J connectivity index is 3.23. The van der Waals surface area contributed by atoms with E-state index >= 15 is 0 Å². The number of anilines is 1. The van der Waals surface area contributed by atoms with Gasteiger partial charge in [-0.2, -0.15) is 4.90 Å². The van der Waals surface area contributed by atoms with Crippen LogP contribution in [0.2, 0.25) is 0 Å². The maximum absolute atomic E-state index is 12.2. The highest BCUT2D eigenvalue weighted by atomic mass is 19.4. The Morgan fingerprint density at radius 3 is 1.81 bits per heavy atom. The fourth-order valence-corrected chi connectivity index (χ4v) is 1.20. The average Bonchev–Trinajstić information content (AvgIpc) is 1.97. The molecule has 0 aliphatic rings. The minimum Gasteiger partial charge on any atom is -0.194 e. The number of aryl methyl sites for hydroxylation is 1. The highest BCUT2D eigenvalue weighted by Crippen LogP contribution is 2.38. The van der Waals surface area contributed by atoms with Gasteiger partial charge in [-0.15, -0.1) is 26.3 Å². The lowest BCUT2D eigenvalue weighted by Gasteiger charge is -2.28. The van der Waals surface area contributed by atoms with Crippen LogP contribution in [0.25, 0.3) is 0 Å². The Kier molecular flexibility index (Phi) is 3.07. The van der Waals surface area contributed by atoms with Crippen LogP contribution in [0.4, 0.5) is 32.0 Å². The van der Waals surface area contributed by atoms with Crippen molar-refractivity contribution in [2.75, 3.05) is 4.90 Å². The first-order chi connectivity index (χ1) is 7.12. The summed E-state index contributed by atoms with van der Waals surface area (Å²) in [5.41, 5.74) is -0.629. The molecule has 7 heteroatoms. The average molecular weight is 243 g/mol. The number of alkyl halides is 6. The molecule has 16 heavy (non-hydrogen) atoms. The van der Waals surface area contributed by atoms with E-state index < -0.39 is 23.2 Å². The van der Waals surface area contributed by atoms with Crippen LogP contribution >= 0.6 is 0 Å². The molecular weight excluding hydrogens is 236 g/mol. The van der Waals surface area contributed by atoms with Crippen molar-refractivity contribution in [2.24, 2.45) is 0 Å². The van der Waals surface area contributed by atoms with Crippen LogP contribution in [0, 0.1) is 6.92 Å². The van der Waals surface area contributed by atoms with Gasteiger partial charge < -0.3 is 0 Å². The molecule has 0 aliphatic carbocycles. The van der Waals surface area contributed by atoms with Gasteiger partial charge in [0.15, 0.2) is 0 Å². The molecule has 0 amide bonds. The van der Waals surface area contributed by atoms with Gasteiger partial charge in [0.25, 0.3) is 0 Å². The molecule has 0 spiro atoms. The van der Waals surface area contributed by atoms with E-state index in [-0.39, 0.29) is 0 Å². The number of hydrogen-bond donors (Lipinski definition) is 0. The van der Waals surface area contributed by atoms with Crippen LogP contribution in [0.5, 0.6) is 0 Å². The van der Waals surface area contributed by atoms with Crippen molar-refractivity contribution in [3.63, 3.8) is 0 Å². The minimum atomic E-state index is -5.49. The quantitative estimate of drug-likeness (QED) is 0.535. The van der Waals surface area contributed by atoms with E-state index in [0.717, 1.165) is 18.2 Å². The molecule has 0 atom stereocenters. The van der Waals surface area contributed by atoms with E-state index in [1.54, 1.807) is 0 Å². The monoisotopic (exact) mass is 243 g/mol. The summed E-state index contributed by atoms with van der Waals surface area (Å²) < 4.78 is 73.4. The number of rotatable bonds is 1. The minimum absolute atomic E-state index is 0.316. The van der Waals surface area contributed by atoms with E-state index in [1.807, 2.05) is 0 Å². The Bertz CT molecular complexity index is 353. The van der Waals surface area contributed by atoms with Crippen LogP contribution in [0.1, 0.15) is 5.56 Å². The first-order valence-corrected chi connectivity index (χ1v) is 4.13. The largest absolute Gasteiger partial charge is 0.491 e.